The van der Waals surface area contributed by atoms with Crippen LogP contribution in [0.15, 0.2) is 73.3 Å². The normalized spacial score (nSPS) is 17.8. The maximum absolute atomic E-state index is 13.5. The number of hydrogen-bond acceptors (Lipinski definition) is 6. The zero-order chi connectivity index (χ0) is 25.9. The van der Waals surface area contributed by atoms with Crippen molar-refractivity contribution in [2.24, 2.45) is 5.92 Å². The van der Waals surface area contributed by atoms with Crippen LogP contribution >= 0.6 is 23.2 Å². The second kappa shape index (κ2) is 10.6. The Labute approximate surface area is 224 Å². The number of aromatic nitrogens is 4. The fourth-order valence-electron chi connectivity index (χ4n) is 4.60. The van der Waals surface area contributed by atoms with E-state index in [1.54, 1.807) is 53.6 Å². The molecular formula is C27H22Cl2N6O2. The van der Waals surface area contributed by atoms with Gasteiger partial charge in [0.15, 0.2) is 5.82 Å². The number of likely N-dealkylation sites (tertiary alicyclic amines) is 1. The molecule has 1 unspecified atom stereocenters. The van der Waals surface area contributed by atoms with Gasteiger partial charge in [0.1, 0.15) is 12.2 Å². The number of nitrogens with zero attached hydrogens (tertiary/aromatic N) is 6. The fourth-order valence-corrected chi connectivity index (χ4v) is 4.90. The van der Waals surface area contributed by atoms with Gasteiger partial charge in [-0.3, -0.25) is 4.79 Å². The minimum absolute atomic E-state index is 0.0385. The summed E-state index contributed by atoms with van der Waals surface area (Å²) in [4.78, 5) is 23.9. The van der Waals surface area contributed by atoms with Crippen LogP contribution in [0.5, 0.6) is 5.88 Å². The van der Waals surface area contributed by atoms with Gasteiger partial charge in [-0.25, -0.2) is 14.6 Å². The Hall–Kier alpha value is -3.93. The number of nitriles is 1. The highest BCUT2D eigenvalue weighted by Gasteiger charge is 2.40. The van der Waals surface area contributed by atoms with Crippen molar-refractivity contribution >= 4 is 29.1 Å². The van der Waals surface area contributed by atoms with E-state index in [0.29, 0.717) is 46.0 Å². The molecular weight excluding hydrogens is 511 g/mol. The van der Waals surface area contributed by atoms with Crippen molar-refractivity contribution in [2.45, 2.75) is 18.9 Å². The molecule has 10 heteroatoms. The zero-order valence-electron chi connectivity index (χ0n) is 19.8. The maximum Gasteiger partial charge on any atom is 0.255 e. The summed E-state index contributed by atoms with van der Waals surface area (Å²) in [6.07, 6.45) is 6.23. The minimum Gasteiger partial charge on any atom is -0.474 e. The van der Waals surface area contributed by atoms with E-state index in [9.17, 15) is 4.79 Å². The van der Waals surface area contributed by atoms with Crippen LogP contribution in [0.3, 0.4) is 0 Å². The number of halogens is 2. The minimum atomic E-state index is -0.280. The highest BCUT2D eigenvalue weighted by Crippen LogP contribution is 2.38. The lowest BCUT2D eigenvalue weighted by Crippen LogP contribution is -2.32. The number of amides is 1. The number of ether oxygens (including phenoxy) is 1. The molecule has 1 amide bonds. The molecule has 8 nitrogen and oxygen atoms in total. The molecule has 1 aromatic carbocycles. The Morgan fingerprint density at radius 2 is 1.97 bits per heavy atom. The molecule has 0 bridgehead atoms. The summed E-state index contributed by atoms with van der Waals surface area (Å²) in [5, 5.41) is 14.1. The summed E-state index contributed by atoms with van der Waals surface area (Å²) in [6, 6.07) is 16.3. The summed E-state index contributed by atoms with van der Waals surface area (Å²) >= 11 is 12.5. The van der Waals surface area contributed by atoms with Crippen LogP contribution in [-0.4, -0.2) is 49.7 Å². The van der Waals surface area contributed by atoms with Crippen LogP contribution in [0.1, 0.15) is 34.3 Å². The molecule has 1 aliphatic heterocycles. The lowest BCUT2D eigenvalue weighted by molar-refractivity contribution is 0.0769. The van der Waals surface area contributed by atoms with Gasteiger partial charge in [0, 0.05) is 55.8 Å². The Morgan fingerprint density at radius 3 is 2.62 bits per heavy atom. The molecule has 0 saturated carbocycles. The van der Waals surface area contributed by atoms with Gasteiger partial charge in [-0.1, -0.05) is 29.3 Å². The third kappa shape index (κ3) is 5.29. The number of carbonyl (C=O) groups excluding carboxylic acids is 1. The summed E-state index contributed by atoms with van der Waals surface area (Å²) in [5.74, 6) is 0.850. The van der Waals surface area contributed by atoms with E-state index in [4.69, 9.17) is 33.2 Å². The third-order valence-electron chi connectivity index (χ3n) is 6.53. The quantitative estimate of drug-likeness (QED) is 0.340. The number of pyridine rings is 2. The number of benzene rings is 1. The van der Waals surface area contributed by atoms with E-state index in [1.165, 1.54) is 6.20 Å². The van der Waals surface area contributed by atoms with Crippen molar-refractivity contribution in [2.75, 3.05) is 13.1 Å². The van der Waals surface area contributed by atoms with Gasteiger partial charge in [-0.05, 0) is 48.9 Å². The van der Waals surface area contributed by atoms with E-state index in [1.807, 2.05) is 30.0 Å². The van der Waals surface area contributed by atoms with Crippen molar-refractivity contribution in [3.63, 3.8) is 0 Å². The Kier molecular flexibility index (Phi) is 7.08. The van der Waals surface area contributed by atoms with Gasteiger partial charge >= 0.3 is 0 Å². The van der Waals surface area contributed by atoms with Gasteiger partial charge in [0.2, 0.25) is 5.88 Å². The van der Waals surface area contributed by atoms with Crippen molar-refractivity contribution in [1.29, 1.82) is 5.26 Å². The Bertz CT molecular complexity index is 1440. The Balaban J connectivity index is 1.39. The molecule has 0 radical (unpaired) electrons. The number of rotatable bonds is 6. The Morgan fingerprint density at radius 1 is 1.11 bits per heavy atom. The highest BCUT2D eigenvalue weighted by molar-refractivity contribution is 6.42. The molecule has 3 atom stereocenters. The van der Waals surface area contributed by atoms with E-state index >= 15 is 0 Å². The topological polar surface area (TPSA) is 96.9 Å². The molecule has 3 aromatic heterocycles. The molecule has 0 spiro atoms. The summed E-state index contributed by atoms with van der Waals surface area (Å²) in [6.45, 7) is 2.92. The highest BCUT2D eigenvalue weighted by atomic mass is 35.5. The van der Waals surface area contributed by atoms with Crippen molar-refractivity contribution in [3.8, 4) is 17.8 Å². The standard InChI is InChI=1S/C27H22Cl2N6O2/c1-17(37-26-8-3-18(12-30)13-32-26)21-15-34(16-22(21)19-4-6-23(28)24(29)11-19)27(36)20-5-7-25(31-14-20)35-10-2-9-33-35/h2-11,13-14,17,21-22H,15-16H2,1H3/t17-,21?,22+/m0/s1. The summed E-state index contributed by atoms with van der Waals surface area (Å²) < 4.78 is 7.79. The van der Waals surface area contributed by atoms with Gasteiger partial charge in [-0.15, -0.1) is 0 Å². The second-order valence-electron chi connectivity index (χ2n) is 8.83. The molecule has 4 heterocycles. The van der Waals surface area contributed by atoms with Crippen LogP contribution in [0.25, 0.3) is 5.82 Å². The van der Waals surface area contributed by atoms with E-state index in [2.05, 4.69) is 21.1 Å². The van der Waals surface area contributed by atoms with E-state index in [-0.39, 0.29) is 23.8 Å². The lowest BCUT2D eigenvalue weighted by Gasteiger charge is -2.25. The first-order valence-electron chi connectivity index (χ1n) is 11.7. The molecule has 5 rings (SSSR count). The van der Waals surface area contributed by atoms with Gasteiger partial charge in [-0.2, -0.15) is 10.4 Å². The first-order chi connectivity index (χ1) is 17.9. The van der Waals surface area contributed by atoms with Gasteiger partial charge in [0.25, 0.3) is 5.91 Å². The first-order valence-corrected chi connectivity index (χ1v) is 12.4. The van der Waals surface area contributed by atoms with Gasteiger partial charge < -0.3 is 9.64 Å². The largest absolute Gasteiger partial charge is 0.474 e. The lowest BCUT2D eigenvalue weighted by atomic mass is 9.86. The molecule has 1 saturated heterocycles. The van der Waals surface area contributed by atoms with Crippen molar-refractivity contribution < 1.29 is 9.53 Å². The molecule has 1 aliphatic rings. The molecule has 4 aromatic rings. The smallest absolute Gasteiger partial charge is 0.255 e. The number of hydrogen-bond donors (Lipinski definition) is 0. The van der Waals surface area contributed by atoms with Gasteiger partial charge in [0.05, 0.1) is 21.2 Å². The predicted molar refractivity (Wildman–Crippen MR) is 139 cm³/mol. The zero-order valence-corrected chi connectivity index (χ0v) is 21.3. The average molecular weight is 533 g/mol. The summed E-state index contributed by atoms with van der Waals surface area (Å²) in [7, 11) is 0. The molecule has 0 aliphatic carbocycles. The molecule has 0 N–H and O–H groups in total. The second-order valence-corrected chi connectivity index (χ2v) is 9.64. The SMILES string of the molecule is C[C@H](Oc1ccc(C#N)cn1)C1CN(C(=O)c2ccc(-n3cccn3)nc2)C[C@@H]1c1ccc(Cl)c(Cl)c1. The van der Waals surface area contributed by atoms with Crippen molar-refractivity contribution in [3.05, 3.63) is 100 Å². The van der Waals surface area contributed by atoms with Crippen LogP contribution in [0.4, 0.5) is 0 Å². The van der Waals surface area contributed by atoms with E-state index in [0.717, 1.165) is 5.56 Å². The average Bonchev–Trinajstić information content (AvgIpc) is 3.61. The molecule has 1 fully saturated rings. The first kappa shape index (κ1) is 24.8. The van der Waals surface area contributed by atoms with Crippen LogP contribution < -0.4 is 4.74 Å². The maximum atomic E-state index is 13.5. The molecule has 186 valence electrons. The molecule has 37 heavy (non-hydrogen) atoms. The fraction of sp³-hybridized carbons (Fsp3) is 0.222. The monoisotopic (exact) mass is 532 g/mol. The number of carbonyl (C=O) groups is 1. The van der Waals surface area contributed by atoms with E-state index < -0.39 is 0 Å². The van der Waals surface area contributed by atoms with Crippen LogP contribution in [-0.2, 0) is 0 Å². The summed E-state index contributed by atoms with van der Waals surface area (Å²) in [5.41, 5.74) is 1.93. The third-order valence-corrected chi connectivity index (χ3v) is 7.27. The predicted octanol–water partition coefficient (Wildman–Crippen LogP) is 5.16. The van der Waals surface area contributed by atoms with Crippen LogP contribution in [0, 0.1) is 17.2 Å². The van der Waals surface area contributed by atoms with Crippen molar-refractivity contribution in [1.82, 2.24) is 24.6 Å². The van der Waals surface area contributed by atoms with Crippen LogP contribution in [0.2, 0.25) is 10.0 Å².